The molecule has 0 spiro atoms. The van der Waals surface area contributed by atoms with Crippen molar-refractivity contribution in [1.29, 1.82) is 5.26 Å². The predicted molar refractivity (Wildman–Crippen MR) is 107 cm³/mol. The van der Waals surface area contributed by atoms with Crippen molar-refractivity contribution in [2.24, 2.45) is 0 Å². The largest absolute Gasteiger partial charge is 0.467 e. The number of nitrogens with two attached hydrogens (primary N) is 1. The number of benzene rings is 1. The number of halogens is 2. The van der Waals surface area contributed by atoms with Gasteiger partial charge in [-0.15, -0.1) is 0 Å². The lowest BCUT2D eigenvalue weighted by Gasteiger charge is -2.21. The van der Waals surface area contributed by atoms with Gasteiger partial charge in [-0.05, 0) is 41.1 Å². The zero-order valence-corrected chi connectivity index (χ0v) is 17.6. The SMILES string of the molecule is C[C@@H](Oc1nc(Br)cnc1N)c1cc(F)ccc1C(=O)N(C)Cc1cc(C#N)on1. The highest BCUT2D eigenvalue weighted by atomic mass is 79.9. The Morgan fingerprint density at radius 3 is 2.93 bits per heavy atom. The molecule has 0 radical (unpaired) electrons. The smallest absolute Gasteiger partial charge is 0.258 e. The monoisotopic (exact) mass is 474 g/mol. The molecule has 0 saturated carbocycles. The molecular weight excluding hydrogens is 459 g/mol. The van der Waals surface area contributed by atoms with Gasteiger partial charge in [-0.25, -0.2) is 14.4 Å². The van der Waals surface area contributed by atoms with Crippen LogP contribution in [0, 0.1) is 17.1 Å². The maximum atomic E-state index is 13.9. The summed E-state index contributed by atoms with van der Waals surface area (Å²) in [6.07, 6.45) is 0.664. The fourth-order valence-corrected chi connectivity index (χ4v) is 2.97. The Balaban J connectivity index is 1.85. The van der Waals surface area contributed by atoms with Crippen molar-refractivity contribution < 1.29 is 18.4 Å². The van der Waals surface area contributed by atoms with Crippen molar-refractivity contribution in [2.45, 2.75) is 19.6 Å². The van der Waals surface area contributed by atoms with E-state index < -0.39 is 17.8 Å². The average Bonchev–Trinajstić information content (AvgIpc) is 3.17. The highest BCUT2D eigenvalue weighted by molar-refractivity contribution is 9.10. The summed E-state index contributed by atoms with van der Waals surface area (Å²) in [5, 5.41) is 12.6. The van der Waals surface area contributed by atoms with Crippen LogP contribution in [-0.4, -0.2) is 33.0 Å². The molecule has 30 heavy (non-hydrogen) atoms. The average molecular weight is 475 g/mol. The Morgan fingerprint density at radius 2 is 2.23 bits per heavy atom. The van der Waals surface area contributed by atoms with Gasteiger partial charge in [0.2, 0.25) is 5.76 Å². The van der Waals surface area contributed by atoms with E-state index in [1.807, 2.05) is 6.07 Å². The van der Waals surface area contributed by atoms with E-state index in [2.05, 4.69) is 31.1 Å². The van der Waals surface area contributed by atoms with Crippen LogP contribution in [0.3, 0.4) is 0 Å². The van der Waals surface area contributed by atoms with Gasteiger partial charge in [-0.3, -0.25) is 4.79 Å². The maximum absolute atomic E-state index is 13.9. The standard InChI is InChI=1S/C19H16BrFN6O3/c1-10(29-18-17(23)24-8-16(20)25-18)15-5-11(21)3-4-14(15)19(28)27(2)9-12-6-13(7-22)30-26-12/h3-6,8,10H,9H2,1-2H3,(H2,23,24)/t10-/m1/s1. The molecule has 0 aliphatic rings. The van der Waals surface area contributed by atoms with E-state index in [0.29, 0.717) is 15.9 Å². The van der Waals surface area contributed by atoms with Crippen molar-refractivity contribution >= 4 is 27.7 Å². The molecule has 3 rings (SSSR count). The number of nitrogen functional groups attached to an aromatic ring is 1. The van der Waals surface area contributed by atoms with E-state index in [9.17, 15) is 9.18 Å². The van der Waals surface area contributed by atoms with Crippen LogP contribution >= 0.6 is 15.9 Å². The topological polar surface area (TPSA) is 131 Å². The molecule has 1 amide bonds. The maximum Gasteiger partial charge on any atom is 0.258 e. The van der Waals surface area contributed by atoms with Gasteiger partial charge in [0, 0.05) is 24.2 Å². The molecule has 0 saturated heterocycles. The zero-order chi connectivity index (χ0) is 21.8. The normalized spacial score (nSPS) is 11.6. The summed E-state index contributed by atoms with van der Waals surface area (Å²) in [6.45, 7) is 1.74. The Morgan fingerprint density at radius 1 is 1.47 bits per heavy atom. The summed E-state index contributed by atoms with van der Waals surface area (Å²) >= 11 is 3.19. The predicted octanol–water partition coefficient (Wildman–Crippen LogP) is 3.23. The second-order valence-corrected chi connectivity index (χ2v) is 7.14. The van der Waals surface area contributed by atoms with Gasteiger partial charge in [-0.1, -0.05) is 5.16 Å². The fraction of sp³-hybridized carbons (Fsp3) is 0.211. The van der Waals surface area contributed by atoms with Crippen molar-refractivity contribution in [1.82, 2.24) is 20.0 Å². The third-order valence-electron chi connectivity index (χ3n) is 4.12. The van der Waals surface area contributed by atoms with Gasteiger partial charge < -0.3 is 19.9 Å². The first-order valence-corrected chi connectivity index (χ1v) is 9.43. The number of nitriles is 1. The second-order valence-electron chi connectivity index (χ2n) is 6.33. The minimum Gasteiger partial charge on any atom is -0.467 e. The third kappa shape index (κ3) is 4.72. The van der Waals surface area contributed by atoms with Crippen LogP contribution in [0.2, 0.25) is 0 Å². The Labute approximate surface area is 179 Å². The summed E-state index contributed by atoms with van der Waals surface area (Å²) < 4.78 is 24.9. The van der Waals surface area contributed by atoms with Crippen LogP contribution < -0.4 is 10.5 Å². The number of hydrogen-bond donors (Lipinski definition) is 1. The minimum atomic E-state index is -0.754. The van der Waals surface area contributed by atoms with Gasteiger partial charge in [0.1, 0.15) is 28.3 Å². The quantitative estimate of drug-likeness (QED) is 0.575. The molecule has 2 N–H and O–H groups in total. The molecular formula is C19H16BrFN6O3. The lowest BCUT2D eigenvalue weighted by Crippen LogP contribution is -2.28. The zero-order valence-electron chi connectivity index (χ0n) is 16.0. The summed E-state index contributed by atoms with van der Waals surface area (Å²) in [5.74, 6) is -0.758. The molecule has 1 aromatic carbocycles. The van der Waals surface area contributed by atoms with E-state index in [4.69, 9.17) is 20.3 Å². The molecule has 2 aromatic heterocycles. The molecule has 0 fully saturated rings. The van der Waals surface area contributed by atoms with Crippen LogP contribution in [0.5, 0.6) is 5.88 Å². The second kappa shape index (κ2) is 8.87. The Hall–Kier alpha value is -3.52. The van der Waals surface area contributed by atoms with Crippen LogP contribution in [0.4, 0.5) is 10.2 Å². The number of carbonyl (C=O) groups excluding carboxylic acids is 1. The van der Waals surface area contributed by atoms with Gasteiger partial charge >= 0.3 is 0 Å². The Bertz CT molecular complexity index is 1130. The van der Waals surface area contributed by atoms with Crippen LogP contribution in [0.25, 0.3) is 0 Å². The van der Waals surface area contributed by atoms with Crippen molar-refractivity contribution in [2.75, 3.05) is 12.8 Å². The van der Waals surface area contributed by atoms with Gasteiger partial charge in [0.05, 0.1) is 12.7 Å². The van der Waals surface area contributed by atoms with E-state index in [0.717, 1.165) is 0 Å². The number of aromatic nitrogens is 3. The molecule has 2 heterocycles. The van der Waals surface area contributed by atoms with Crippen LogP contribution in [-0.2, 0) is 6.54 Å². The first-order chi connectivity index (χ1) is 14.3. The number of hydrogen-bond acceptors (Lipinski definition) is 8. The van der Waals surface area contributed by atoms with E-state index in [1.54, 1.807) is 14.0 Å². The number of anilines is 1. The highest BCUT2D eigenvalue weighted by Gasteiger charge is 2.23. The first-order valence-electron chi connectivity index (χ1n) is 8.63. The molecule has 1 atom stereocenters. The number of ether oxygens (including phenoxy) is 1. The molecule has 11 heteroatoms. The molecule has 0 unspecified atom stereocenters. The van der Waals surface area contributed by atoms with E-state index in [1.165, 1.54) is 35.4 Å². The third-order valence-corrected chi connectivity index (χ3v) is 4.51. The summed E-state index contributed by atoms with van der Waals surface area (Å²) in [5.41, 5.74) is 6.74. The first kappa shape index (κ1) is 21.2. The van der Waals surface area contributed by atoms with Gasteiger partial charge in [0.15, 0.2) is 5.82 Å². The lowest BCUT2D eigenvalue weighted by molar-refractivity contribution is 0.0777. The van der Waals surface area contributed by atoms with Gasteiger partial charge in [-0.2, -0.15) is 5.26 Å². The number of amides is 1. The molecule has 154 valence electrons. The number of rotatable bonds is 6. The highest BCUT2D eigenvalue weighted by Crippen LogP contribution is 2.28. The Kier molecular flexibility index (Phi) is 6.27. The fourth-order valence-electron chi connectivity index (χ4n) is 2.70. The molecule has 9 nitrogen and oxygen atoms in total. The van der Waals surface area contributed by atoms with Crippen LogP contribution in [0.1, 0.15) is 40.4 Å². The van der Waals surface area contributed by atoms with E-state index >= 15 is 0 Å². The summed E-state index contributed by atoms with van der Waals surface area (Å²) in [4.78, 5) is 22.4. The summed E-state index contributed by atoms with van der Waals surface area (Å²) in [7, 11) is 1.56. The molecule has 0 bridgehead atoms. The molecule has 0 aliphatic heterocycles. The van der Waals surface area contributed by atoms with Gasteiger partial charge in [0.25, 0.3) is 11.8 Å². The van der Waals surface area contributed by atoms with Crippen molar-refractivity contribution in [3.63, 3.8) is 0 Å². The minimum absolute atomic E-state index is 0.0445. The summed E-state index contributed by atoms with van der Waals surface area (Å²) in [6, 6.07) is 7.05. The number of nitrogens with zero attached hydrogens (tertiary/aromatic N) is 5. The van der Waals surface area contributed by atoms with Crippen molar-refractivity contribution in [3.8, 4) is 11.9 Å². The molecule has 3 aromatic rings. The van der Waals surface area contributed by atoms with Crippen LogP contribution in [0.15, 0.2) is 39.6 Å². The lowest BCUT2D eigenvalue weighted by atomic mass is 10.0. The van der Waals surface area contributed by atoms with E-state index in [-0.39, 0.29) is 29.6 Å². The molecule has 0 aliphatic carbocycles. The number of carbonyl (C=O) groups is 1. The van der Waals surface area contributed by atoms with Crippen molar-refractivity contribution in [3.05, 3.63) is 63.5 Å².